The highest BCUT2D eigenvalue weighted by atomic mass is 16.6. The Morgan fingerprint density at radius 2 is 2.13 bits per heavy atom. The second-order valence-corrected chi connectivity index (χ2v) is 5.02. The number of likely N-dealkylation sites (N-methyl/N-ethyl adjacent to an activating group) is 1. The molecule has 0 aliphatic carbocycles. The zero-order valence-corrected chi connectivity index (χ0v) is 9.78. The van der Waals surface area contributed by atoms with E-state index in [9.17, 15) is 10.0 Å². The van der Waals surface area contributed by atoms with Crippen molar-refractivity contribution in [3.63, 3.8) is 0 Å². The molecule has 0 aromatic heterocycles. The van der Waals surface area contributed by atoms with Crippen LogP contribution in [0.25, 0.3) is 0 Å². The molecule has 88 valence electrons. The second kappa shape index (κ2) is 4.08. The van der Waals surface area contributed by atoms with Gasteiger partial charge in [0.25, 0.3) is 0 Å². The Balaban J connectivity index is 2.65. The molecule has 0 radical (unpaired) electrons. The number of esters is 1. The van der Waals surface area contributed by atoms with Gasteiger partial charge in [0.15, 0.2) is 0 Å². The molecule has 1 aliphatic rings. The van der Waals surface area contributed by atoms with Gasteiger partial charge in [0.2, 0.25) is 6.04 Å². The molecule has 5 nitrogen and oxygen atoms in total. The number of morpholine rings is 1. The molecule has 0 bridgehead atoms. The zero-order valence-electron chi connectivity index (χ0n) is 9.78. The summed E-state index contributed by atoms with van der Waals surface area (Å²) in [4.78, 5) is 11.7. The fraction of sp³-hybridized carbons (Fsp3) is 0.900. The van der Waals surface area contributed by atoms with Crippen LogP contribution in [-0.2, 0) is 14.3 Å². The highest BCUT2D eigenvalue weighted by Gasteiger charge is 2.38. The van der Waals surface area contributed by atoms with Crippen molar-refractivity contribution in [2.75, 3.05) is 26.8 Å². The SMILES string of the molecule is CC(C)(C)OC(=O)C1COCC[N+]1(C)[O-]. The molecule has 5 heteroatoms. The van der Waals surface area contributed by atoms with Gasteiger partial charge in [-0.25, -0.2) is 4.79 Å². The van der Waals surface area contributed by atoms with E-state index in [1.807, 2.05) is 0 Å². The van der Waals surface area contributed by atoms with Crippen LogP contribution in [-0.4, -0.2) is 49.1 Å². The summed E-state index contributed by atoms with van der Waals surface area (Å²) >= 11 is 0. The van der Waals surface area contributed by atoms with E-state index in [0.29, 0.717) is 13.2 Å². The van der Waals surface area contributed by atoms with E-state index in [4.69, 9.17) is 9.47 Å². The van der Waals surface area contributed by atoms with Crippen LogP contribution in [0.3, 0.4) is 0 Å². The molecule has 1 heterocycles. The first-order valence-corrected chi connectivity index (χ1v) is 5.09. The first-order chi connectivity index (χ1) is 6.72. The predicted molar refractivity (Wildman–Crippen MR) is 54.9 cm³/mol. The number of carbonyl (C=O) groups excluding carboxylic acids is 1. The van der Waals surface area contributed by atoms with Gasteiger partial charge in [-0.2, -0.15) is 0 Å². The van der Waals surface area contributed by atoms with Crippen LogP contribution in [0.2, 0.25) is 0 Å². The van der Waals surface area contributed by atoms with Gasteiger partial charge in [-0.1, -0.05) is 0 Å². The van der Waals surface area contributed by atoms with Crippen molar-refractivity contribution >= 4 is 5.97 Å². The maximum Gasteiger partial charge on any atom is 0.368 e. The van der Waals surface area contributed by atoms with Crippen LogP contribution in [0, 0.1) is 5.21 Å². The highest BCUT2D eigenvalue weighted by molar-refractivity contribution is 5.75. The number of hydrogen-bond donors (Lipinski definition) is 0. The van der Waals surface area contributed by atoms with E-state index in [1.54, 1.807) is 20.8 Å². The number of rotatable bonds is 1. The van der Waals surface area contributed by atoms with Crippen LogP contribution >= 0.6 is 0 Å². The Morgan fingerprint density at radius 3 is 2.60 bits per heavy atom. The standard InChI is InChI=1S/C10H19NO4/c1-10(2,3)15-9(12)8-7-14-6-5-11(8,4)13/h8H,5-7H2,1-4H3. The van der Waals surface area contributed by atoms with E-state index in [-0.39, 0.29) is 6.61 Å². The van der Waals surface area contributed by atoms with Gasteiger partial charge in [-0.3, -0.25) is 0 Å². The summed E-state index contributed by atoms with van der Waals surface area (Å²) in [5.74, 6) is -0.472. The topological polar surface area (TPSA) is 58.6 Å². The number of nitrogens with zero attached hydrogens (tertiary/aromatic N) is 1. The summed E-state index contributed by atoms with van der Waals surface area (Å²) in [6.45, 7) is 6.19. The third kappa shape index (κ3) is 3.44. The number of hydroxylamine groups is 3. The molecule has 2 atom stereocenters. The maximum absolute atomic E-state index is 11.9. The summed E-state index contributed by atoms with van der Waals surface area (Å²) in [6.07, 6.45) is 0. The van der Waals surface area contributed by atoms with E-state index in [1.165, 1.54) is 7.05 Å². The van der Waals surface area contributed by atoms with Gasteiger partial charge in [0.1, 0.15) is 18.8 Å². The Bertz CT molecular complexity index is 244. The summed E-state index contributed by atoms with van der Waals surface area (Å²) in [5.41, 5.74) is -0.561. The molecule has 1 saturated heterocycles. The number of hydrogen-bond acceptors (Lipinski definition) is 4. The smallest absolute Gasteiger partial charge is 0.368 e. The van der Waals surface area contributed by atoms with Crippen molar-refractivity contribution in [2.24, 2.45) is 0 Å². The van der Waals surface area contributed by atoms with E-state index in [0.717, 1.165) is 0 Å². The molecular formula is C10H19NO4. The molecule has 15 heavy (non-hydrogen) atoms. The van der Waals surface area contributed by atoms with Crippen molar-refractivity contribution in [3.8, 4) is 0 Å². The number of carbonyl (C=O) groups is 1. The quantitative estimate of drug-likeness (QED) is 0.368. The third-order valence-corrected chi connectivity index (χ3v) is 2.29. The first-order valence-electron chi connectivity index (χ1n) is 5.09. The summed E-state index contributed by atoms with van der Waals surface area (Å²) in [5, 5.41) is 11.9. The average molecular weight is 217 g/mol. The van der Waals surface area contributed by atoms with Gasteiger partial charge < -0.3 is 19.3 Å². The Hall–Kier alpha value is -0.650. The van der Waals surface area contributed by atoms with Gasteiger partial charge in [-0.15, -0.1) is 0 Å². The fourth-order valence-electron chi connectivity index (χ4n) is 1.42. The predicted octanol–water partition coefficient (Wildman–Crippen LogP) is 0.671. The van der Waals surface area contributed by atoms with Crippen molar-refractivity contribution in [3.05, 3.63) is 5.21 Å². The minimum absolute atomic E-state index is 0.148. The molecule has 1 fully saturated rings. The van der Waals surface area contributed by atoms with Crippen LogP contribution in [0.1, 0.15) is 20.8 Å². The summed E-state index contributed by atoms with van der Waals surface area (Å²) < 4.78 is 9.71. The first kappa shape index (κ1) is 12.4. The molecule has 0 aromatic carbocycles. The van der Waals surface area contributed by atoms with E-state index < -0.39 is 22.3 Å². The molecule has 0 saturated carbocycles. The fourth-order valence-corrected chi connectivity index (χ4v) is 1.42. The van der Waals surface area contributed by atoms with E-state index in [2.05, 4.69) is 0 Å². The zero-order chi connectivity index (χ0) is 11.7. The average Bonchev–Trinajstić information content (AvgIpc) is 1.99. The van der Waals surface area contributed by atoms with Crippen molar-refractivity contribution in [1.29, 1.82) is 0 Å². The lowest BCUT2D eigenvalue weighted by atomic mass is 10.1. The van der Waals surface area contributed by atoms with E-state index >= 15 is 0 Å². The van der Waals surface area contributed by atoms with Gasteiger partial charge >= 0.3 is 5.97 Å². The van der Waals surface area contributed by atoms with Gasteiger partial charge in [0.05, 0.1) is 13.7 Å². The minimum Gasteiger partial charge on any atom is -0.632 e. The largest absolute Gasteiger partial charge is 0.632 e. The molecule has 0 N–H and O–H groups in total. The minimum atomic E-state index is -0.752. The molecule has 0 aromatic rings. The lowest BCUT2D eigenvalue weighted by Gasteiger charge is -2.46. The second-order valence-electron chi connectivity index (χ2n) is 5.02. The number of quaternary nitrogens is 1. The van der Waals surface area contributed by atoms with Crippen molar-refractivity contribution in [2.45, 2.75) is 32.4 Å². The lowest BCUT2D eigenvalue weighted by Crippen LogP contribution is -2.59. The van der Waals surface area contributed by atoms with Crippen LogP contribution in [0.15, 0.2) is 0 Å². The normalized spacial score (nSPS) is 32.5. The third-order valence-electron chi connectivity index (χ3n) is 2.29. The Morgan fingerprint density at radius 1 is 1.53 bits per heavy atom. The highest BCUT2D eigenvalue weighted by Crippen LogP contribution is 2.18. The Labute approximate surface area is 90.1 Å². The molecular weight excluding hydrogens is 198 g/mol. The Kier molecular flexibility index (Phi) is 3.38. The summed E-state index contributed by atoms with van der Waals surface area (Å²) in [6, 6.07) is -0.752. The number of ether oxygens (including phenoxy) is 2. The van der Waals surface area contributed by atoms with Crippen molar-refractivity contribution < 1.29 is 18.9 Å². The van der Waals surface area contributed by atoms with Gasteiger partial charge in [0, 0.05) is 0 Å². The molecule has 0 amide bonds. The van der Waals surface area contributed by atoms with Crippen LogP contribution in [0.4, 0.5) is 0 Å². The summed E-state index contributed by atoms with van der Waals surface area (Å²) in [7, 11) is 1.48. The van der Waals surface area contributed by atoms with Crippen LogP contribution in [0.5, 0.6) is 0 Å². The maximum atomic E-state index is 11.9. The molecule has 1 rings (SSSR count). The lowest BCUT2D eigenvalue weighted by molar-refractivity contribution is -0.886. The molecule has 1 aliphatic heterocycles. The van der Waals surface area contributed by atoms with Crippen LogP contribution < -0.4 is 0 Å². The van der Waals surface area contributed by atoms with Crippen molar-refractivity contribution in [1.82, 2.24) is 0 Å². The monoisotopic (exact) mass is 217 g/mol. The van der Waals surface area contributed by atoms with Gasteiger partial charge in [-0.05, 0) is 20.8 Å². The molecule has 0 spiro atoms. The molecule has 2 unspecified atom stereocenters.